The standard InChI is InChI=1S/C17H24ClNO2/c1-2-21-17(20)4-3-11-19-12-9-15(10-13-19)14-5-7-16(18)8-6-14/h5-8,15H,2-4,9-13H2,1H3. The van der Waals surface area contributed by atoms with Crippen molar-refractivity contribution in [1.82, 2.24) is 4.90 Å². The van der Waals surface area contributed by atoms with E-state index < -0.39 is 0 Å². The van der Waals surface area contributed by atoms with Gasteiger partial charge in [-0.25, -0.2) is 0 Å². The second-order valence-electron chi connectivity index (χ2n) is 5.58. The van der Waals surface area contributed by atoms with Crippen molar-refractivity contribution in [2.45, 2.75) is 38.5 Å². The summed E-state index contributed by atoms with van der Waals surface area (Å²) in [6.07, 6.45) is 3.79. The predicted molar refractivity (Wildman–Crippen MR) is 85.7 cm³/mol. The molecule has 0 aliphatic carbocycles. The number of rotatable bonds is 6. The SMILES string of the molecule is CCOC(=O)CCCN1CCC(c2ccc(Cl)cc2)CC1. The van der Waals surface area contributed by atoms with Crippen LogP contribution in [0.5, 0.6) is 0 Å². The van der Waals surface area contributed by atoms with Crippen molar-refractivity contribution in [1.29, 1.82) is 0 Å². The molecule has 1 saturated heterocycles. The van der Waals surface area contributed by atoms with Crippen LogP contribution in [0.2, 0.25) is 5.02 Å². The monoisotopic (exact) mass is 309 g/mol. The fourth-order valence-corrected chi connectivity index (χ4v) is 3.03. The number of carbonyl (C=O) groups excluding carboxylic acids is 1. The molecule has 116 valence electrons. The summed E-state index contributed by atoms with van der Waals surface area (Å²) in [4.78, 5) is 13.7. The van der Waals surface area contributed by atoms with Gasteiger partial charge in [-0.1, -0.05) is 23.7 Å². The summed E-state index contributed by atoms with van der Waals surface area (Å²) in [6, 6.07) is 8.23. The first-order chi connectivity index (χ1) is 10.2. The molecule has 0 unspecified atom stereocenters. The molecule has 0 bridgehead atoms. The van der Waals surface area contributed by atoms with Crippen LogP contribution >= 0.6 is 11.6 Å². The van der Waals surface area contributed by atoms with E-state index in [1.165, 1.54) is 18.4 Å². The predicted octanol–water partition coefficient (Wildman–Crippen LogP) is 3.86. The highest BCUT2D eigenvalue weighted by Gasteiger charge is 2.20. The van der Waals surface area contributed by atoms with Crippen molar-refractivity contribution in [2.24, 2.45) is 0 Å². The van der Waals surface area contributed by atoms with Crippen LogP contribution in [0.1, 0.15) is 44.1 Å². The van der Waals surface area contributed by atoms with E-state index in [1.54, 1.807) is 0 Å². The zero-order valence-electron chi connectivity index (χ0n) is 12.7. The van der Waals surface area contributed by atoms with E-state index >= 15 is 0 Å². The second-order valence-corrected chi connectivity index (χ2v) is 6.01. The largest absolute Gasteiger partial charge is 0.466 e. The number of benzene rings is 1. The number of ether oxygens (including phenoxy) is 1. The maximum Gasteiger partial charge on any atom is 0.305 e. The third-order valence-corrected chi connectivity index (χ3v) is 4.34. The van der Waals surface area contributed by atoms with Gasteiger partial charge < -0.3 is 9.64 Å². The minimum Gasteiger partial charge on any atom is -0.466 e. The maximum atomic E-state index is 11.3. The number of likely N-dealkylation sites (tertiary alicyclic amines) is 1. The molecule has 1 aliphatic rings. The lowest BCUT2D eigenvalue weighted by Gasteiger charge is -2.32. The molecular weight excluding hydrogens is 286 g/mol. The number of esters is 1. The van der Waals surface area contributed by atoms with Crippen LogP contribution in [-0.4, -0.2) is 37.1 Å². The topological polar surface area (TPSA) is 29.5 Å². The van der Waals surface area contributed by atoms with Crippen LogP contribution in [0.15, 0.2) is 24.3 Å². The fraction of sp³-hybridized carbons (Fsp3) is 0.588. The summed E-state index contributed by atoms with van der Waals surface area (Å²) in [5, 5.41) is 0.801. The third kappa shape index (κ3) is 5.33. The van der Waals surface area contributed by atoms with E-state index in [2.05, 4.69) is 17.0 Å². The lowest BCUT2D eigenvalue weighted by molar-refractivity contribution is -0.143. The number of halogens is 1. The number of carbonyl (C=O) groups is 1. The van der Waals surface area contributed by atoms with Crippen LogP contribution in [0.25, 0.3) is 0 Å². The van der Waals surface area contributed by atoms with Gasteiger partial charge in [-0.3, -0.25) is 4.79 Å². The van der Waals surface area contributed by atoms with E-state index in [0.717, 1.165) is 31.1 Å². The highest BCUT2D eigenvalue weighted by molar-refractivity contribution is 6.30. The summed E-state index contributed by atoms with van der Waals surface area (Å²) >= 11 is 5.93. The Morgan fingerprint density at radius 3 is 2.57 bits per heavy atom. The zero-order chi connectivity index (χ0) is 15.1. The van der Waals surface area contributed by atoms with Gasteiger partial charge in [0.15, 0.2) is 0 Å². The molecule has 21 heavy (non-hydrogen) atoms. The Bertz CT molecular complexity index is 439. The second kappa shape index (κ2) is 8.40. The molecule has 0 radical (unpaired) electrons. The minimum absolute atomic E-state index is 0.0754. The molecule has 4 heteroatoms. The van der Waals surface area contributed by atoms with Crippen molar-refractivity contribution in [3.63, 3.8) is 0 Å². The number of nitrogens with zero attached hydrogens (tertiary/aromatic N) is 1. The van der Waals surface area contributed by atoms with Crippen LogP contribution in [0.3, 0.4) is 0 Å². The molecule has 0 N–H and O–H groups in total. The molecule has 3 nitrogen and oxygen atoms in total. The highest BCUT2D eigenvalue weighted by atomic mass is 35.5. The maximum absolute atomic E-state index is 11.3. The fourth-order valence-electron chi connectivity index (χ4n) is 2.91. The van der Waals surface area contributed by atoms with Crippen LogP contribution in [-0.2, 0) is 9.53 Å². The lowest BCUT2D eigenvalue weighted by Crippen LogP contribution is -2.33. The Balaban J connectivity index is 1.68. The zero-order valence-corrected chi connectivity index (χ0v) is 13.4. The molecule has 0 atom stereocenters. The van der Waals surface area contributed by atoms with Gasteiger partial charge in [-0.2, -0.15) is 0 Å². The van der Waals surface area contributed by atoms with Crippen LogP contribution < -0.4 is 0 Å². The van der Waals surface area contributed by atoms with E-state index in [1.807, 2.05) is 19.1 Å². The van der Waals surface area contributed by atoms with E-state index in [0.29, 0.717) is 18.9 Å². The van der Waals surface area contributed by atoms with Gasteiger partial charge in [0.05, 0.1) is 6.61 Å². The number of hydrogen-bond acceptors (Lipinski definition) is 3. The van der Waals surface area contributed by atoms with E-state index in [9.17, 15) is 4.79 Å². The molecule has 1 aliphatic heterocycles. The molecule has 1 aromatic rings. The summed E-state index contributed by atoms with van der Waals surface area (Å²) < 4.78 is 4.95. The summed E-state index contributed by atoms with van der Waals surface area (Å²) in [5.74, 6) is 0.567. The molecule has 1 fully saturated rings. The average molecular weight is 310 g/mol. The van der Waals surface area contributed by atoms with E-state index in [-0.39, 0.29) is 5.97 Å². The minimum atomic E-state index is -0.0754. The molecule has 1 aromatic carbocycles. The first-order valence-electron chi connectivity index (χ1n) is 7.82. The Kier molecular flexibility index (Phi) is 6.52. The first kappa shape index (κ1) is 16.3. The smallest absolute Gasteiger partial charge is 0.305 e. The molecular formula is C17H24ClNO2. The molecule has 0 spiro atoms. The first-order valence-corrected chi connectivity index (χ1v) is 8.20. The van der Waals surface area contributed by atoms with E-state index in [4.69, 9.17) is 16.3 Å². The van der Waals surface area contributed by atoms with Crippen molar-refractivity contribution in [3.05, 3.63) is 34.9 Å². The Hall–Kier alpha value is -1.06. The molecule has 2 rings (SSSR count). The molecule has 1 heterocycles. The Labute approximate surface area is 132 Å². The van der Waals surface area contributed by atoms with Gasteiger partial charge in [-0.15, -0.1) is 0 Å². The summed E-state index contributed by atoms with van der Waals surface area (Å²) in [7, 11) is 0. The van der Waals surface area contributed by atoms with Crippen molar-refractivity contribution >= 4 is 17.6 Å². The van der Waals surface area contributed by atoms with Crippen LogP contribution in [0, 0.1) is 0 Å². The van der Waals surface area contributed by atoms with Gasteiger partial charge >= 0.3 is 5.97 Å². The molecule has 0 aromatic heterocycles. The van der Waals surface area contributed by atoms with Gasteiger partial charge in [0.25, 0.3) is 0 Å². The normalized spacial score (nSPS) is 16.9. The Morgan fingerprint density at radius 2 is 1.95 bits per heavy atom. The summed E-state index contributed by atoms with van der Waals surface area (Å²) in [5.41, 5.74) is 1.39. The molecule has 0 saturated carbocycles. The van der Waals surface area contributed by atoms with Crippen molar-refractivity contribution in [3.8, 4) is 0 Å². The Morgan fingerprint density at radius 1 is 1.29 bits per heavy atom. The van der Waals surface area contributed by atoms with Gasteiger partial charge in [-0.05, 0) is 69.4 Å². The van der Waals surface area contributed by atoms with Gasteiger partial charge in [0.2, 0.25) is 0 Å². The lowest BCUT2D eigenvalue weighted by atomic mass is 9.89. The highest BCUT2D eigenvalue weighted by Crippen LogP contribution is 2.28. The number of hydrogen-bond donors (Lipinski definition) is 0. The van der Waals surface area contributed by atoms with Gasteiger partial charge in [0, 0.05) is 11.4 Å². The van der Waals surface area contributed by atoms with Gasteiger partial charge in [0.1, 0.15) is 0 Å². The van der Waals surface area contributed by atoms with Crippen molar-refractivity contribution < 1.29 is 9.53 Å². The summed E-state index contributed by atoms with van der Waals surface area (Å²) in [6.45, 7) is 5.53. The van der Waals surface area contributed by atoms with Crippen LogP contribution in [0.4, 0.5) is 0 Å². The quantitative estimate of drug-likeness (QED) is 0.747. The third-order valence-electron chi connectivity index (χ3n) is 4.09. The number of piperidine rings is 1. The molecule has 0 amide bonds. The van der Waals surface area contributed by atoms with Crippen molar-refractivity contribution in [2.75, 3.05) is 26.2 Å². The average Bonchev–Trinajstić information content (AvgIpc) is 2.49.